The monoisotopic (exact) mass is 399 g/mol. The maximum absolute atomic E-state index is 6.62. The van der Waals surface area contributed by atoms with E-state index in [1.165, 1.54) is 0 Å². The van der Waals surface area contributed by atoms with E-state index in [1.807, 2.05) is 19.9 Å². The van der Waals surface area contributed by atoms with Crippen LogP contribution in [0.2, 0.25) is 18.1 Å². The zero-order valence-corrected chi connectivity index (χ0v) is 18.9. The van der Waals surface area contributed by atoms with Crippen molar-refractivity contribution in [3.05, 3.63) is 23.3 Å². The van der Waals surface area contributed by atoms with Crippen molar-refractivity contribution in [2.24, 2.45) is 0 Å². The maximum Gasteiger partial charge on any atom is 0.192 e. The lowest BCUT2D eigenvalue weighted by Crippen LogP contribution is -2.43. The lowest BCUT2D eigenvalue weighted by atomic mass is 9.97. The van der Waals surface area contributed by atoms with E-state index in [-0.39, 0.29) is 29.0 Å². The van der Waals surface area contributed by atoms with Gasteiger partial charge in [-0.2, -0.15) is 0 Å². The van der Waals surface area contributed by atoms with Crippen LogP contribution in [-0.2, 0) is 18.6 Å². The van der Waals surface area contributed by atoms with Gasteiger partial charge in [0.05, 0.1) is 12.7 Å². The Labute approximate surface area is 169 Å². The summed E-state index contributed by atoms with van der Waals surface area (Å²) in [7, 11) is -1.87. The highest BCUT2D eigenvalue weighted by Crippen LogP contribution is 2.52. The second kappa shape index (κ2) is 6.33. The molecule has 1 spiro atoms. The third-order valence-electron chi connectivity index (χ3n) is 6.40. The van der Waals surface area contributed by atoms with E-state index in [2.05, 4.69) is 63.6 Å². The predicted octanol–water partition coefficient (Wildman–Crippen LogP) is 3.94. The molecule has 2 aliphatic heterocycles. The van der Waals surface area contributed by atoms with Gasteiger partial charge in [0.1, 0.15) is 11.7 Å². The summed E-state index contributed by atoms with van der Waals surface area (Å²) in [6, 6.07) is 0. The van der Waals surface area contributed by atoms with Gasteiger partial charge < -0.3 is 18.6 Å². The first-order valence-corrected chi connectivity index (χ1v) is 13.0. The molecule has 0 unspecified atom stereocenters. The van der Waals surface area contributed by atoms with E-state index in [0.29, 0.717) is 6.61 Å². The summed E-state index contributed by atoms with van der Waals surface area (Å²) in [6.07, 6.45) is 4.57. The summed E-state index contributed by atoms with van der Waals surface area (Å²) in [4.78, 5) is 0. The molecule has 0 amide bonds. The van der Waals surface area contributed by atoms with Crippen LogP contribution in [0, 0.1) is 23.7 Å². The fraction of sp³-hybridized carbons (Fsp3) is 0.652. The normalized spacial score (nSPS) is 37.5. The molecule has 0 saturated carbocycles. The number of allylic oxidation sites excluding steroid dienone is 1. The summed E-state index contributed by atoms with van der Waals surface area (Å²) in [5.74, 6) is 12.4. The highest BCUT2D eigenvalue weighted by molar-refractivity contribution is 6.74. The van der Waals surface area contributed by atoms with Crippen molar-refractivity contribution in [2.75, 3.05) is 6.61 Å². The quantitative estimate of drug-likeness (QED) is 0.312. The minimum Gasteiger partial charge on any atom is -0.410 e. The second-order valence-electron chi connectivity index (χ2n) is 10.0. The highest BCUT2D eigenvalue weighted by Gasteiger charge is 2.62. The summed E-state index contributed by atoms with van der Waals surface area (Å²) in [5, 5.41) is 0.167. The van der Waals surface area contributed by atoms with Crippen molar-refractivity contribution in [3.8, 4) is 23.7 Å². The van der Waals surface area contributed by atoms with Gasteiger partial charge in [-0.1, -0.05) is 44.5 Å². The van der Waals surface area contributed by atoms with E-state index in [9.17, 15) is 0 Å². The number of ether oxygens (including phenoxy) is 3. The van der Waals surface area contributed by atoms with Gasteiger partial charge in [-0.25, -0.2) is 0 Å². The van der Waals surface area contributed by atoms with Crippen LogP contribution in [0.3, 0.4) is 0 Å². The van der Waals surface area contributed by atoms with Crippen LogP contribution < -0.4 is 0 Å². The molecule has 0 radical (unpaired) electrons. The first kappa shape index (κ1) is 20.0. The molecule has 5 heteroatoms. The largest absolute Gasteiger partial charge is 0.410 e. The zero-order valence-electron chi connectivity index (χ0n) is 17.9. The SMILES string of the molecule is CC1(C)OC[C@H](/C2=C/[13C]#C[C@@H]3O[C@@]34C[C@H](O[Si](C)(C)C(C)(C)C)C=C4C#C2)O1. The predicted molar refractivity (Wildman–Crippen MR) is 111 cm³/mol. The lowest BCUT2D eigenvalue weighted by molar-refractivity contribution is -0.133. The third kappa shape index (κ3) is 3.51. The van der Waals surface area contributed by atoms with Gasteiger partial charge in [0.15, 0.2) is 20.2 Å². The minimum absolute atomic E-state index is 0.0360. The average Bonchev–Trinajstić information content (AvgIpc) is 2.91. The molecule has 0 bridgehead atoms. The zero-order chi connectivity index (χ0) is 20.4. The Morgan fingerprint density at radius 1 is 1.18 bits per heavy atom. The molecule has 0 aromatic carbocycles. The van der Waals surface area contributed by atoms with E-state index >= 15 is 0 Å². The van der Waals surface area contributed by atoms with Crippen molar-refractivity contribution < 1.29 is 18.6 Å². The van der Waals surface area contributed by atoms with Crippen molar-refractivity contribution >= 4 is 8.32 Å². The molecule has 0 aromatic heterocycles. The van der Waals surface area contributed by atoms with Gasteiger partial charge in [-0.3, -0.25) is 0 Å². The van der Waals surface area contributed by atoms with E-state index in [0.717, 1.165) is 17.6 Å². The minimum atomic E-state index is -1.87. The molecular weight excluding hydrogens is 369 g/mol. The Morgan fingerprint density at radius 2 is 1.93 bits per heavy atom. The Morgan fingerprint density at radius 3 is 2.57 bits per heavy atom. The third-order valence-corrected chi connectivity index (χ3v) is 10.9. The van der Waals surface area contributed by atoms with Crippen LogP contribution in [0.25, 0.3) is 0 Å². The molecular formula is C23H30O4Si. The Balaban J connectivity index is 1.58. The summed E-state index contributed by atoms with van der Waals surface area (Å²) < 4.78 is 24.3. The molecule has 4 rings (SSSR count). The summed E-state index contributed by atoms with van der Waals surface area (Å²) in [5.41, 5.74) is 1.48. The summed E-state index contributed by atoms with van der Waals surface area (Å²) >= 11 is 0. The van der Waals surface area contributed by atoms with Crippen LogP contribution in [-0.4, -0.2) is 44.6 Å². The standard InChI is InChI=1S/C23H30O4Si/c1-21(2,3)28(6,7)27-18-13-17-12-11-16(19-15-24-22(4,5)25-19)9-8-10-20-23(17,14-18)26-20/h9,13,18-20H,14-15H2,1-7H3/b16-9+/t18-,19-,20+,23-/m1/s1/i8+1. The van der Waals surface area contributed by atoms with Crippen molar-refractivity contribution in [3.63, 3.8) is 0 Å². The Kier molecular flexibility index (Phi) is 4.51. The first-order chi connectivity index (χ1) is 12.9. The van der Waals surface area contributed by atoms with Crippen LogP contribution >= 0.6 is 0 Å². The van der Waals surface area contributed by atoms with Crippen molar-refractivity contribution in [1.29, 1.82) is 0 Å². The first-order valence-electron chi connectivity index (χ1n) is 10.0. The Hall–Kier alpha value is -1.34. The molecule has 2 heterocycles. The van der Waals surface area contributed by atoms with E-state index in [4.69, 9.17) is 18.6 Å². The van der Waals surface area contributed by atoms with Crippen molar-refractivity contribution in [2.45, 2.75) is 88.9 Å². The van der Waals surface area contributed by atoms with Crippen LogP contribution in [0.5, 0.6) is 0 Å². The number of hydrogen-bond acceptors (Lipinski definition) is 4. The highest BCUT2D eigenvalue weighted by atomic mass is 28.4. The van der Waals surface area contributed by atoms with Crippen LogP contribution in [0.4, 0.5) is 0 Å². The molecule has 4 atom stereocenters. The molecule has 2 fully saturated rings. The molecule has 2 saturated heterocycles. The van der Waals surface area contributed by atoms with Crippen LogP contribution in [0.15, 0.2) is 23.3 Å². The van der Waals surface area contributed by atoms with Gasteiger partial charge in [-0.15, -0.1) is 0 Å². The topological polar surface area (TPSA) is 40.2 Å². The molecule has 0 aromatic rings. The molecule has 150 valence electrons. The number of epoxide rings is 1. The van der Waals surface area contributed by atoms with E-state index < -0.39 is 14.1 Å². The molecule has 28 heavy (non-hydrogen) atoms. The summed E-state index contributed by atoms with van der Waals surface area (Å²) in [6.45, 7) is 15.7. The Bertz CT molecular complexity index is 868. The second-order valence-corrected chi connectivity index (χ2v) is 14.8. The molecule has 0 N–H and O–H groups in total. The number of rotatable bonds is 3. The van der Waals surface area contributed by atoms with Gasteiger partial charge in [0.2, 0.25) is 0 Å². The average molecular weight is 400 g/mol. The maximum atomic E-state index is 6.62. The number of hydrogen-bond donors (Lipinski definition) is 0. The molecule has 4 aliphatic rings. The van der Waals surface area contributed by atoms with Gasteiger partial charge in [0, 0.05) is 23.6 Å². The van der Waals surface area contributed by atoms with Gasteiger partial charge in [-0.05, 0) is 38.1 Å². The fourth-order valence-corrected chi connectivity index (χ4v) is 4.90. The van der Waals surface area contributed by atoms with E-state index in [1.54, 1.807) is 0 Å². The van der Waals surface area contributed by atoms with Crippen LogP contribution in [0.1, 0.15) is 41.0 Å². The van der Waals surface area contributed by atoms with Gasteiger partial charge in [0.25, 0.3) is 0 Å². The molecule has 4 nitrogen and oxygen atoms in total. The van der Waals surface area contributed by atoms with Gasteiger partial charge >= 0.3 is 0 Å². The fourth-order valence-electron chi connectivity index (χ4n) is 3.64. The molecule has 2 aliphatic carbocycles. The van der Waals surface area contributed by atoms with Crippen molar-refractivity contribution in [1.82, 2.24) is 0 Å². The lowest BCUT2D eigenvalue weighted by Gasteiger charge is -2.38. The smallest absolute Gasteiger partial charge is 0.192 e.